The lowest BCUT2D eigenvalue weighted by Crippen LogP contribution is -2.26. The number of carbonyl (C=O) groups is 1. The number of amides is 1. The van der Waals surface area contributed by atoms with Crippen molar-refractivity contribution in [2.45, 2.75) is 33.7 Å². The van der Waals surface area contributed by atoms with Crippen LogP contribution in [0, 0.1) is 6.92 Å². The second-order valence-electron chi connectivity index (χ2n) is 6.84. The second-order valence-corrected chi connectivity index (χ2v) is 6.84. The smallest absolute Gasteiger partial charge is 0.228 e. The first kappa shape index (κ1) is 19.1. The van der Waals surface area contributed by atoms with Gasteiger partial charge in [-0.2, -0.15) is 0 Å². The van der Waals surface area contributed by atoms with Crippen molar-refractivity contribution < 1.29 is 4.79 Å². The molecule has 1 N–H and O–H groups in total. The van der Waals surface area contributed by atoms with Crippen molar-refractivity contribution in [2.75, 3.05) is 25.0 Å². The van der Waals surface area contributed by atoms with Gasteiger partial charge in [0.1, 0.15) is 0 Å². The molecule has 5 heteroatoms. The van der Waals surface area contributed by atoms with Gasteiger partial charge in [0.2, 0.25) is 5.91 Å². The second kappa shape index (κ2) is 8.82. The van der Waals surface area contributed by atoms with Crippen molar-refractivity contribution in [2.24, 2.45) is 0 Å². The number of hydrogen-bond donors (Lipinski definition) is 1. The van der Waals surface area contributed by atoms with Crippen LogP contribution < -0.4 is 5.32 Å². The van der Waals surface area contributed by atoms with Crippen LogP contribution in [0.5, 0.6) is 0 Å². The molecule has 0 unspecified atom stereocenters. The molecule has 2 aromatic heterocycles. The minimum atomic E-state index is -0.0269. The summed E-state index contributed by atoms with van der Waals surface area (Å²) in [6.45, 7) is 10.5. The molecule has 0 atom stereocenters. The molecule has 5 nitrogen and oxygen atoms in total. The third-order valence-corrected chi connectivity index (χ3v) is 4.94. The molecule has 0 spiro atoms. The van der Waals surface area contributed by atoms with E-state index in [-0.39, 0.29) is 5.91 Å². The number of anilines is 1. The van der Waals surface area contributed by atoms with E-state index in [4.69, 9.17) is 0 Å². The van der Waals surface area contributed by atoms with E-state index < -0.39 is 0 Å². The van der Waals surface area contributed by atoms with Crippen molar-refractivity contribution in [3.05, 3.63) is 60.0 Å². The third kappa shape index (κ3) is 4.95. The fourth-order valence-corrected chi connectivity index (χ4v) is 3.26. The zero-order chi connectivity index (χ0) is 19.2. The summed E-state index contributed by atoms with van der Waals surface area (Å²) >= 11 is 0. The van der Waals surface area contributed by atoms with Crippen LogP contribution in [-0.2, 0) is 17.8 Å². The van der Waals surface area contributed by atoms with Crippen LogP contribution in [0.25, 0.3) is 10.9 Å². The largest absolute Gasteiger partial charge is 0.346 e. The molecule has 0 aliphatic rings. The molecule has 0 aliphatic heterocycles. The number of aryl methyl sites for hydroxylation is 1. The Morgan fingerprint density at radius 3 is 2.67 bits per heavy atom. The van der Waals surface area contributed by atoms with Gasteiger partial charge >= 0.3 is 0 Å². The highest BCUT2D eigenvalue weighted by Gasteiger charge is 2.08. The number of hydrogen-bond acceptors (Lipinski definition) is 3. The molecule has 0 fully saturated rings. The zero-order valence-electron chi connectivity index (χ0n) is 16.4. The molecule has 0 saturated carbocycles. The van der Waals surface area contributed by atoms with Crippen molar-refractivity contribution in [1.82, 2.24) is 14.5 Å². The average Bonchev–Trinajstić information content (AvgIpc) is 3.07. The van der Waals surface area contributed by atoms with Gasteiger partial charge in [-0.05, 0) is 55.9 Å². The van der Waals surface area contributed by atoms with E-state index in [1.165, 1.54) is 5.52 Å². The van der Waals surface area contributed by atoms with Gasteiger partial charge in [0, 0.05) is 47.8 Å². The highest BCUT2D eigenvalue weighted by Crippen LogP contribution is 2.21. The number of rotatable bonds is 8. The summed E-state index contributed by atoms with van der Waals surface area (Å²) in [7, 11) is 0. The van der Waals surface area contributed by atoms with Crippen molar-refractivity contribution in [1.29, 1.82) is 0 Å². The van der Waals surface area contributed by atoms with E-state index in [0.29, 0.717) is 6.42 Å². The van der Waals surface area contributed by atoms with Crippen LogP contribution in [0.3, 0.4) is 0 Å². The average molecular weight is 364 g/mol. The van der Waals surface area contributed by atoms with E-state index >= 15 is 0 Å². The molecule has 0 radical (unpaired) electrons. The highest BCUT2D eigenvalue weighted by atomic mass is 16.1. The Morgan fingerprint density at radius 1 is 1.15 bits per heavy atom. The van der Waals surface area contributed by atoms with Crippen LogP contribution in [-0.4, -0.2) is 40.0 Å². The van der Waals surface area contributed by atoms with Gasteiger partial charge < -0.3 is 14.8 Å². The van der Waals surface area contributed by atoms with Gasteiger partial charge in [0.15, 0.2) is 0 Å². The highest BCUT2D eigenvalue weighted by molar-refractivity contribution is 5.95. The van der Waals surface area contributed by atoms with Crippen LogP contribution in [0.15, 0.2) is 48.8 Å². The lowest BCUT2D eigenvalue weighted by atomic mass is 10.2. The fourth-order valence-electron chi connectivity index (χ4n) is 3.26. The molecule has 2 heterocycles. The molecule has 0 aliphatic carbocycles. The maximum absolute atomic E-state index is 12.3. The zero-order valence-corrected chi connectivity index (χ0v) is 16.4. The van der Waals surface area contributed by atoms with Crippen LogP contribution in [0.1, 0.15) is 25.1 Å². The summed E-state index contributed by atoms with van der Waals surface area (Å²) in [5.74, 6) is -0.0269. The molecule has 0 saturated heterocycles. The van der Waals surface area contributed by atoms with Crippen LogP contribution >= 0.6 is 0 Å². The molecular weight excluding hydrogens is 336 g/mol. The Labute approximate surface area is 161 Å². The Bertz CT molecular complexity index is 894. The summed E-state index contributed by atoms with van der Waals surface area (Å²) < 4.78 is 2.28. The van der Waals surface area contributed by atoms with Gasteiger partial charge in [-0.3, -0.25) is 9.78 Å². The van der Waals surface area contributed by atoms with E-state index in [9.17, 15) is 4.79 Å². The maximum atomic E-state index is 12.3. The number of nitrogens with zero attached hydrogens (tertiary/aromatic N) is 3. The quantitative estimate of drug-likeness (QED) is 0.660. The molecule has 3 aromatic rings. The first-order valence-electron chi connectivity index (χ1n) is 9.61. The van der Waals surface area contributed by atoms with Gasteiger partial charge in [-0.15, -0.1) is 0 Å². The van der Waals surface area contributed by atoms with Crippen molar-refractivity contribution in [3.63, 3.8) is 0 Å². The molecule has 27 heavy (non-hydrogen) atoms. The monoisotopic (exact) mass is 364 g/mol. The van der Waals surface area contributed by atoms with E-state index in [2.05, 4.69) is 51.9 Å². The van der Waals surface area contributed by atoms with E-state index in [0.717, 1.165) is 48.5 Å². The van der Waals surface area contributed by atoms with Gasteiger partial charge in [-0.1, -0.05) is 19.9 Å². The van der Waals surface area contributed by atoms with Crippen LogP contribution in [0.2, 0.25) is 0 Å². The first-order chi connectivity index (χ1) is 13.1. The van der Waals surface area contributed by atoms with Crippen molar-refractivity contribution >= 4 is 22.5 Å². The molecule has 1 aromatic carbocycles. The number of nitrogens with one attached hydrogen (secondary N) is 1. The standard InChI is InChI=1S/C22H28N4O/c1-4-25(5-2)12-13-26-11-10-19-15-20(8-9-21(19)26)24-22(27)14-18-7-6-17(3)23-16-18/h6-11,15-16H,4-5,12-14H2,1-3H3,(H,24,27). The Balaban J connectivity index is 1.64. The number of fused-ring (bicyclic) bond motifs is 1. The van der Waals surface area contributed by atoms with E-state index in [1.54, 1.807) is 6.20 Å². The molecule has 1 amide bonds. The topological polar surface area (TPSA) is 50.2 Å². The van der Waals surface area contributed by atoms with Gasteiger partial charge in [0.25, 0.3) is 0 Å². The molecule has 142 valence electrons. The minimum absolute atomic E-state index is 0.0269. The summed E-state index contributed by atoms with van der Waals surface area (Å²) in [6.07, 6.45) is 4.21. The minimum Gasteiger partial charge on any atom is -0.346 e. The summed E-state index contributed by atoms with van der Waals surface area (Å²) in [5, 5.41) is 4.13. The number of aromatic nitrogens is 2. The maximum Gasteiger partial charge on any atom is 0.228 e. The number of benzene rings is 1. The van der Waals surface area contributed by atoms with Crippen molar-refractivity contribution in [3.8, 4) is 0 Å². The number of carbonyl (C=O) groups excluding carboxylic acids is 1. The van der Waals surface area contributed by atoms with Crippen LogP contribution in [0.4, 0.5) is 5.69 Å². The number of pyridine rings is 1. The molecular formula is C22H28N4O. The fraction of sp³-hybridized carbons (Fsp3) is 0.364. The SMILES string of the molecule is CCN(CC)CCn1ccc2cc(NC(=O)Cc3ccc(C)nc3)ccc21. The lowest BCUT2D eigenvalue weighted by Gasteiger charge is -2.18. The van der Waals surface area contributed by atoms with Gasteiger partial charge in [0.05, 0.1) is 6.42 Å². The summed E-state index contributed by atoms with van der Waals surface area (Å²) in [6, 6.07) is 12.1. The number of likely N-dealkylation sites (N-methyl/N-ethyl adjacent to an activating group) is 1. The molecule has 3 rings (SSSR count). The van der Waals surface area contributed by atoms with E-state index in [1.807, 2.05) is 31.2 Å². The Hall–Kier alpha value is -2.66. The first-order valence-corrected chi connectivity index (χ1v) is 9.61. The predicted molar refractivity (Wildman–Crippen MR) is 111 cm³/mol. The normalized spacial score (nSPS) is 11.3. The van der Waals surface area contributed by atoms with Gasteiger partial charge in [-0.25, -0.2) is 0 Å². The molecule has 0 bridgehead atoms. The summed E-state index contributed by atoms with van der Waals surface area (Å²) in [4.78, 5) is 19.0. The predicted octanol–water partition coefficient (Wildman–Crippen LogP) is 3.87. The Morgan fingerprint density at radius 2 is 1.96 bits per heavy atom. The third-order valence-electron chi connectivity index (χ3n) is 4.94. The Kier molecular flexibility index (Phi) is 6.24. The lowest BCUT2D eigenvalue weighted by molar-refractivity contribution is -0.115. The summed E-state index contributed by atoms with van der Waals surface area (Å²) in [5.41, 5.74) is 3.90.